The molecule has 7 nitrogen and oxygen atoms in total. The van der Waals surface area contributed by atoms with Crippen LogP contribution in [0, 0.1) is 0 Å². The van der Waals surface area contributed by atoms with Gasteiger partial charge in [-0.05, 0) is 30.3 Å². The molecular formula is C17H13F3N4O3S. The van der Waals surface area contributed by atoms with Gasteiger partial charge in [-0.15, -0.1) is 0 Å². The molecule has 0 aliphatic carbocycles. The molecule has 11 heteroatoms. The smallest absolute Gasteiger partial charge is 0.416 e. The molecule has 0 fully saturated rings. The zero-order valence-corrected chi connectivity index (χ0v) is 15.0. The summed E-state index contributed by atoms with van der Waals surface area (Å²) in [5.74, 6) is 0.449. The number of alkyl halides is 3. The fourth-order valence-corrected chi connectivity index (χ4v) is 3.78. The van der Waals surface area contributed by atoms with Crippen molar-refractivity contribution >= 4 is 15.8 Å². The topological polar surface area (TPSA) is 86.1 Å². The summed E-state index contributed by atoms with van der Waals surface area (Å²) in [7, 11) is -3.40. The molecule has 3 heterocycles. The highest BCUT2D eigenvalue weighted by Gasteiger charge is 2.31. The SMILES string of the molecule is O=S1(=O)CCn2cnc(-c3ccc(Oc4cc(C(F)(F)F)ccn4)cc3)c2N1. The van der Waals surface area contributed by atoms with E-state index in [1.54, 1.807) is 35.2 Å². The van der Waals surface area contributed by atoms with E-state index >= 15 is 0 Å². The monoisotopic (exact) mass is 410 g/mol. The molecule has 28 heavy (non-hydrogen) atoms. The van der Waals surface area contributed by atoms with Gasteiger partial charge in [-0.1, -0.05) is 0 Å². The molecule has 0 amide bonds. The summed E-state index contributed by atoms with van der Waals surface area (Å²) < 4.78 is 71.5. The number of hydrogen-bond acceptors (Lipinski definition) is 5. The van der Waals surface area contributed by atoms with E-state index < -0.39 is 21.8 Å². The molecule has 0 atom stereocenters. The van der Waals surface area contributed by atoms with E-state index in [1.807, 2.05) is 0 Å². The molecule has 1 aliphatic heterocycles. The Morgan fingerprint density at radius 3 is 2.57 bits per heavy atom. The molecule has 146 valence electrons. The Balaban J connectivity index is 1.57. The van der Waals surface area contributed by atoms with Crippen LogP contribution in [0.2, 0.25) is 0 Å². The average molecular weight is 410 g/mol. The maximum absolute atomic E-state index is 12.8. The Hall–Kier alpha value is -3.08. The van der Waals surface area contributed by atoms with Crippen LogP contribution < -0.4 is 9.46 Å². The van der Waals surface area contributed by atoms with E-state index in [2.05, 4.69) is 14.7 Å². The minimum atomic E-state index is -4.49. The number of imidazole rings is 1. The Morgan fingerprint density at radius 2 is 1.86 bits per heavy atom. The lowest BCUT2D eigenvalue weighted by molar-refractivity contribution is -0.137. The molecular weight excluding hydrogens is 397 g/mol. The van der Waals surface area contributed by atoms with Crippen LogP contribution in [0.25, 0.3) is 11.3 Å². The zero-order valence-electron chi connectivity index (χ0n) is 14.1. The van der Waals surface area contributed by atoms with Gasteiger partial charge in [0.05, 0.1) is 17.6 Å². The van der Waals surface area contributed by atoms with E-state index in [0.717, 1.165) is 18.3 Å². The van der Waals surface area contributed by atoms with Crippen LogP contribution in [0.5, 0.6) is 11.6 Å². The number of pyridine rings is 1. The van der Waals surface area contributed by atoms with Crippen molar-refractivity contribution in [2.45, 2.75) is 12.7 Å². The third-order valence-corrected chi connectivity index (χ3v) is 5.33. The van der Waals surface area contributed by atoms with Crippen molar-refractivity contribution in [3.63, 3.8) is 0 Å². The molecule has 1 aliphatic rings. The lowest BCUT2D eigenvalue weighted by atomic mass is 10.1. The number of halogens is 3. The van der Waals surface area contributed by atoms with Gasteiger partial charge in [0.15, 0.2) is 0 Å². The molecule has 0 radical (unpaired) electrons. The molecule has 0 bridgehead atoms. The van der Waals surface area contributed by atoms with E-state index in [-0.39, 0.29) is 17.4 Å². The predicted octanol–water partition coefficient (Wildman–Crippen LogP) is 3.51. The molecule has 3 aromatic rings. The summed E-state index contributed by atoms with van der Waals surface area (Å²) in [5, 5.41) is 0. The van der Waals surface area contributed by atoms with Gasteiger partial charge in [-0.25, -0.2) is 18.4 Å². The second-order valence-corrected chi connectivity index (χ2v) is 7.90. The van der Waals surface area contributed by atoms with E-state index in [1.165, 1.54) is 0 Å². The largest absolute Gasteiger partial charge is 0.439 e. The molecule has 1 N–H and O–H groups in total. The van der Waals surface area contributed by atoms with Crippen molar-refractivity contribution in [2.75, 3.05) is 10.5 Å². The van der Waals surface area contributed by atoms with Crippen molar-refractivity contribution in [3.8, 4) is 22.9 Å². The summed E-state index contributed by atoms with van der Waals surface area (Å²) in [6.45, 7) is 0.306. The number of ether oxygens (including phenoxy) is 1. The van der Waals surface area contributed by atoms with Crippen molar-refractivity contribution in [1.82, 2.24) is 14.5 Å². The highest BCUT2D eigenvalue weighted by molar-refractivity contribution is 7.92. The normalized spacial score (nSPS) is 15.5. The molecule has 0 saturated carbocycles. The van der Waals surface area contributed by atoms with Crippen LogP contribution in [0.3, 0.4) is 0 Å². The van der Waals surface area contributed by atoms with Crippen LogP contribution in [-0.4, -0.2) is 28.7 Å². The third-order valence-electron chi connectivity index (χ3n) is 4.10. The first kappa shape index (κ1) is 18.3. The van der Waals surface area contributed by atoms with Gasteiger partial charge in [-0.2, -0.15) is 13.2 Å². The summed E-state index contributed by atoms with van der Waals surface area (Å²) in [4.78, 5) is 8.02. The maximum Gasteiger partial charge on any atom is 0.416 e. The van der Waals surface area contributed by atoms with Gasteiger partial charge in [0.25, 0.3) is 0 Å². The number of nitrogens with one attached hydrogen (secondary N) is 1. The summed E-state index contributed by atoms with van der Waals surface area (Å²) in [6.07, 6.45) is -1.92. The van der Waals surface area contributed by atoms with Gasteiger partial charge in [0, 0.05) is 24.4 Å². The fraction of sp³-hybridized carbons (Fsp3) is 0.176. The van der Waals surface area contributed by atoms with Gasteiger partial charge in [0.2, 0.25) is 15.9 Å². The molecule has 0 spiro atoms. The zero-order chi connectivity index (χ0) is 19.9. The van der Waals surface area contributed by atoms with Crippen molar-refractivity contribution in [3.05, 3.63) is 54.5 Å². The standard InChI is InChI=1S/C17H13F3N4O3S/c18-17(19,20)12-5-6-21-14(9-12)27-13-3-1-11(2-4-13)15-16-23-28(25,26)8-7-24(16)10-22-15/h1-6,9-10,23H,7-8H2. The Kier molecular flexibility index (Phi) is 4.26. The van der Waals surface area contributed by atoms with Crippen LogP contribution in [0.4, 0.5) is 19.0 Å². The average Bonchev–Trinajstić information content (AvgIpc) is 3.04. The number of sulfonamides is 1. The lowest BCUT2D eigenvalue weighted by Crippen LogP contribution is -2.27. The van der Waals surface area contributed by atoms with Gasteiger partial charge in [-0.3, -0.25) is 4.72 Å². The minimum absolute atomic E-state index is 0.0213. The quantitative estimate of drug-likeness (QED) is 0.714. The summed E-state index contributed by atoms with van der Waals surface area (Å²) in [5.41, 5.74) is 0.223. The number of fused-ring (bicyclic) bond motifs is 1. The first-order chi connectivity index (χ1) is 13.2. The molecule has 2 aromatic heterocycles. The molecule has 1 aromatic carbocycles. The molecule has 4 rings (SSSR count). The van der Waals surface area contributed by atoms with Crippen LogP contribution >= 0.6 is 0 Å². The van der Waals surface area contributed by atoms with Crippen molar-refractivity contribution in [1.29, 1.82) is 0 Å². The Bertz CT molecular complexity index is 1130. The number of nitrogens with zero attached hydrogens (tertiary/aromatic N) is 3. The predicted molar refractivity (Wildman–Crippen MR) is 94.4 cm³/mol. The summed E-state index contributed by atoms with van der Waals surface area (Å²) >= 11 is 0. The Morgan fingerprint density at radius 1 is 1.11 bits per heavy atom. The number of aromatic nitrogens is 3. The number of aryl methyl sites for hydroxylation is 1. The number of rotatable bonds is 3. The van der Waals surface area contributed by atoms with Gasteiger partial charge in [0.1, 0.15) is 17.3 Å². The van der Waals surface area contributed by atoms with Crippen LogP contribution in [0.1, 0.15) is 5.56 Å². The summed E-state index contributed by atoms with van der Waals surface area (Å²) in [6, 6.07) is 8.03. The van der Waals surface area contributed by atoms with Gasteiger partial charge < -0.3 is 9.30 Å². The second kappa shape index (κ2) is 6.51. The van der Waals surface area contributed by atoms with Crippen LogP contribution in [-0.2, 0) is 22.7 Å². The first-order valence-electron chi connectivity index (χ1n) is 8.08. The van der Waals surface area contributed by atoms with Gasteiger partial charge >= 0.3 is 6.18 Å². The second-order valence-electron chi connectivity index (χ2n) is 6.06. The van der Waals surface area contributed by atoms with Crippen LogP contribution in [0.15, 0.2) is 48.9 Å². The highest BCUT2D eigenvalue weighted by Crippen LogP contribution is 2.33. The minimum Gasteiger partial charge on any atom is -0.439 e. The number of anilines is 1. The molecule has 0 saturated heterocycles. The van der Waals surface area contributed by atoms with Crippen molar-refractivity contribution in [2.24, 2.45) is 0 Å². The molecule has 0 unspecified atom stereocenters. The number of benzene rings is 1. The highest BCUT2D eigenvalue weighted by atomic mass is 32.2. The lowest BCUT2D eigenvalue weighted by Gasteiger charge is -2.17. The van der Waals surface area contributed by atoms with E-state index in [9.17, 15) is 21.6 Å². The third kappa shape index (κ3) is 3.65. The van der Waals surface area contributed by atoms with E-state index in [4.69, 9.17) is 4.74 Å². The Labute approximate surface area is 157 Å². The van der Waals surface area contributed by atoms with E-state index in [0.29, 0.717) is 23.6 Å². The fourth-order valence-electron chi connectivity index (χ4n) is 2.73. The first-order valence-corrected chi connectivity index (χ1v) is 9.74. The number of hydrogen-bond donors (Lipinski definition) is 1. The van der Waals surface area contributed by atoms with Crippen molar-refractivity contribution < 1.29 is 26.3 Å². The maximum atomic E-state index is 12.8.